The number of rotatable bonds is 2. The van der Waals surface area contributed by atoms with Gasteiger partial charge in [0.2, 0.25) is 0 Å². The number of hydrogen-bond donors (Lipinski definition) is 1. The predicted molar refractivity (Wildman–Crippen MR) is 49.4 cm³/mol. The van der Waals surface area contributed by atoms with Gasteiger partial charge in [0, 0.05) is 0 Å². The summed E-state index contributed by atoms with van der Waals surface area (Å²) >= 11 is 0. The van der Waals surface area contributed by atoms with E-state index in [2.05, 4.69) is 0 Å². The summed E-state index contributed by atoms with van der Waals surface area (Å²) in [5.74, 6) is 0.524. The Morgan fingerprint density at radius 3 is 2.69 bits per heavy atom. The fourth-order valence-corrected chi connectivity index (χ4v) is 3.14. The first-order chi connectivity index (χ1) is 6.17. The summed E-state index contributed by atoms with van der Waals surface area (Å²) in [6.07, 6.45) is 7.56. The molecule has 3 rings (SSSR count). The Morgan fingerprint density at radius 1 is 1.31 bits per heavy atom. The van der Waals surface area contributed by atoms with Crippen LogP contribution in [0.2, 0.25) is 0 Å². The highest BCUT2D eigenvalue weighted by atomic mass is 16.6. The van der Waals surface area contributed by atoms with E-state index in [0.29, 0.717) is 12.0 Å². The molecule has 0 aromatic heterocycles. The largest absolute Gasteiger partial charge is 0.387 e. The van der Waals surface area contributed by atoms with Gasteiger partial charge in [-0.05, 0) is 38.5 Å². The van der Waals surface area contributed by atoms with Crippen molar-refractivity contribution in [2.75, 3.05) is 0 Å². The standard InChI is InChI=1S/C11H18O2/c1-10(12,8-5-6-8)11-7-3-2-4-9(11)13-11/h8-9,12H,2-7H2,1H3/t9-,10?,11+/m0/s1. The van der Waals surface area contributed by atoms with Gasteiger partial charge in [-0.25, -0.2) is 0 Å². The molecule has 1 N–H and O–H groups in total. The molecule has 0 radical (unpaired) electrons. The Morgan fingerprint density at radius 2 is 2.08 bits per heavy atom. The van der Waals surface area contributed by atoms with E-state index in [0.717, 1.165) is 6.42 Å². The Kier molecular flexibility index (Phi) is 1.45. The zero-order valence-electron chi connectivity index (χ0n) is 8.25. The highest BCUT2D eigenvalue weighted by molar-refractivity contribution is 5.19. The molecule has 0 amide bonds. The minimum absolute atomic E-state index is 0.119. The summed E-state index contributed by atoms with van der Waals surface area (Å²) in [4.78, 5) is 0. The van der Waals surface area contributed by atoms with Gasteiger partial charge in [-0.15, -0.1) is 0 Å². The first-order valence-corrected chi connectivity index (χ1v) is 5.57. The minimum atomic E-state index is -0.530. The second-order valence-corrected chi connectivity index (χ2v) is 5.16. The topological polar surface area (TPSA) is 32.8 Å². The van der Waals surface area contributed by atoms with Crippen LogP contribution in [0.25, 0.3) is 0 Å². The summed E-state index contributed by atoms with van der Waals surface area (Å²) in [6, 6.07) is 0. The zero-order chi connectivity index (χ0) is 9.10. The van der Waals surface area contributed by atoms with E-state index in [4.69, 9.17) is 4.74 Å². The summed E-state index contributed by atoms with van der Waals surface area (Å²) in [7, 11) is 0. The third-order valence-electron chi connectivity index (χ3n) is 4.31. The first-order valence-electron chi connectivity index (χ1n) is 5.57. The van der Waals surface area contributed by atoms with Crippen LogP contribution in [0.3, 0.4) is 0 Å². The molecule has 74 valence electrons. The van der Waals surface area contributed by atoms with Crippen molar-refractivity contribution >= 4 is 0 Å². The molecular weight excluding hydrogens is 164 g/mol. The lowest BCUT2D eigenvalue weighted by molar-refractivity contribution is -0.0464. The van der Waals surface area contributed by atoms with Gasteiger partial charge in [-0.1, -0.05) is 12.8 Å². The molecule has 0 bridgehead atoms. The van der Waals surface area contributed by atoms with Gasteiger partial charge in [0.05, 0.1) is 11.7 Å². The third kappa shape index (κ3) is 0.962. The summed E-state index contributed by atoms with van der Waals surface area (Å²) in [5.41, 5.74) is -0.648. The van der Waals surface area contributed by atoms with Crippen LogP contribution in [-0.4, -0.2) is 22.4 Å². The summed E-state index contributed by atoms with van der Waals surface area (Å²) < 4.78 is 5.78. The monoisotopic (exact) mass is 182 g/mol. The molecule has 1 heterocycles. The van der Waals surface area contributed by atoms with E-state index < -0.39 is 5.60 Å². The van der Waals surface area contributed by atoms with Crippen LogP contribution >= 0.6 is 0 Å². The molecule has 2 heteroatoms. The van der Waals surface area contributed by atoms with Crippen molar-refractivity contribution < 1.29 is 9.84 Å². The van der Waals surface area contributed by atoms with Crippen LogP contribution in [0.1, 0.15) is 45.4 Å². The van der Waals surface area contributed by atoms with Gasteiger partial charge in [0.15, 0.2) is 0 Å². The Labute approximate surface area is 79.3 Å². The maximum absolute atomic E-state index is 10.5. The van der Waals surface area contributed by atoms with Crippen molar-refractivity contribution in [2.24, 2.45) is 5.92 Å². The quantitative estimate of drug-likeness (QED) is 0.661. The average Bonchev–Trinajstić information content (AvgIpc) is 2.99. The molecule has 3 atom stereocenters. The lowest BCUT2D eigenvalue weighted by Gasteiger charge is -2.33. The Hall–Kier alpha value is -0.0800. The molecule has 3 fully saturated rings. The van der Waals surface area contributed by atoms with Crippen LogP contribution in [0.5, 0.6) is 0 Å². The van der Waals surface area contributed by atoms with E-state index in [1.54, 1.807) is 0 Å². The van der Waals surface area contributed by atoms with Crippen LogP contribution in [0, 0.1) is 5.92 Å². The lowest BCUT2D eigenvalue weighted by Crippen LogP contribution is -2.47. The molecule has 13 heavy (non-hydrogen) atoms. The fraction of sp³-hybridized carbons (Fsp3) is 1.00. The van der Waals surface area contributed by atoms with Crippen LogP contribution in [-0.2, 0) is 4.74 Å². The number of hydrogen-bond acceptors (Lipinski definition) is 2. The van der Waals surface area contributed by atoms with Crippen molar-refractivity contribution in [3.8, 4) is 0 Å². The molecule has 0 aromatic rings. The van der Waals surface area contributed by atoms with Gasteiger partial charge in [0.1, 0.15) is 5.60 Å². The number of fused-ring (bicyclic) bond motifs is 1. The van der Waals surface area contributed by atoms with Gasteiger partial charge in [-0.2, -0.15) is 0 Å². The molecule has 1 aliphatic heterocycles. The average molecular weight is 182 g/mol. The van der Waals surface area contributed by atoms with Crippen molar-refractivity contribution in [3.63, 3.8) is 0 Å². The molecule has 3 aliphatic rings. The Bertz CT molecular complexity index is 232. The normalized spacial score (nSPS) is 48.0. The summed E-state index contributed by atoms with van der Waals surface area (Å²) in [6.45, 7) is 2.00. The van der Waals surface area contributed by atoms with E-state index in [1.165, 1.54) is 32.1 Å². The van der Waals surface area contributed by atoms with Crippen molar-refractivity contribution in [3.05, 3.63) is 0 Å². The number of epoxide rings is 1. The molecule has 0 spiro atoms. The second-order valence-electron chi connectivity index (χ2n) is 5.16. The minimum Gasteiger partial charge on any atom is -0.387 e. The van der Waals surface area contributed by atoms with Gasteiger partial charge >= 0.3 is 0 Å². The van der Waals surface area contributed by atoms with Gasteiger partial charge in [0.25, 0.3) is 0 Å². The van der Waals surface area contributed by atoms with Crippen LogP contribution in [0.15, 0.2) is 0 Å². The first kappa shape index (κ1) is 8.25. The van der Waals surface area contributed by atoms with E-state index in [-0.39, 0.29) is 5.60 Å². The predicted octanol–water partition coefficient (Wildman–Crippen LogP) is 1.86. The molecule has 0 aromatic carbocycles. The van der Waals surface area contributed by atoms with Gasteiger partial charge in [-0.3, -0.25) is 0 Å². The zero-order valence-corrected chi connectivity index (χ0v) is 8.25. The van der Waals surface area contributed by atoms with E-state index >= 15 is 0 Å². The SMILES string of the molecule is CC(O)(C1CC1)[C@@]12CCCC[C@@H]1O2. The molecule has 2 aliphatic carbocycles. The fourth-order valence-electron chi connectivity index (χ4n) is 3.14. The summed E-state index contributed by atoms with van der Waals surface area (Å²) in [5, 5.41) is 10.5. The molecule has 2 nitrogen and oxygen atoms in total. The maximum Gasteiger partial charge on any atom is 0.123 e. The molecule has 1 unspecified atom stereocenters. The second kappa shape index (κ2) is 2.29. The number of ether oxygens (including phenoxy) is 1. The van der Waals surface area contributed by atoms with Crippen LogP contribution in [0.4, 0.5) is 0 Å². The lowest BCUT2D eigenvalue weighted by atomic mass is 9.75. The van der Waals surface area contributed by atoms with E-state index in [1.807, 2.05) is 6.92 Å². The molecular formula is C11H18O2. The molecule has 2 saturated carbocycles. The highest BCUT2D eigenvalue weighted by Crippen LogP contribution is 2.60. The van der Waals surface area contributed by atoms with Crippen molar-refractivity contribution in [1.82, 2.24) is 0 Å². The Balaban J connectivity index is 1.83. The molecule has 1 saturated heterocycles. The van der Waals surface area contributed by atoms with Gasteiger partial charge < -0.3 is 9.84 Å². The van der Waals surface area contributed by atoms with Crippen molar-refractivity contribution in [1.29, 1.82) is 0 Å². The third-order valence-corrected chi connectivity index (χ3v) is 4.31. The maximum atomic E-state index is 10.5. The smallest absolute Gasteiger partial charge is 0.123 e. The van der Waals surface area contributed by atoms with Crippen LogP contribution < -0.4 is 0 Å². The highest BCUT2D eigenvalue weighted by Gasteiger charge is 2.70. The van der Waals surface area contributed by atoms with E-state index in [9.17, 15) is 5.11 Å². The van der Waals surface area contributed by atoms with Crippen molar-refractivity contribution in [2.45, 2.75) is 62.8 Å². The number of aliphatic hydroxyl groups is 1.